The van der Waals surface area contributed by atoms with E-state index in [4.69, 9.17) is 10.00 Å². The summed E-state index contributed by atoms with van der Waals surface area (Å²) in [7, 11) is 2.10. The first kappa shape index (κ1) is 27.8. The van der Waals surface area contributed by atoms with Crippen molar-refractivity contribution in [1.29, 1.82) is 5.26 Å². The number of aromatic nitrogens is 1. The molecule has 0 fully saturated rings. The van der Waals surface area contributed by atoms with Crippen molar-refractivity contribution in [2.24, 2.45) is 5.41 Å². The minimum absolute atomic E-state index is 0. The molecule has 204 valence electrons. The minimum atomic E-state index is -0.250. The maximum absolute atomic E-state index is 8.90. The van der Waals surface area contributed by atoms with Crippen LogP contribution in [0.1, 0.15) is 40.3 Å². The molecule has 6 nitrogen and oxygen atoms in total. The van der Waals surface area contributed by atoms with Crippen LogP contribution in [0.15, 0.2) is 78.6 Å². The second-order valence-corrected chi connectivity index (χ2v) is 9.96. The summed E-state index contributed by atoms with van der Waals surface area (Å²) in [4.78, 5) is 6.89. The number of ether oxygens (including phenoxy) is 1. The molecule has 2 N–H and O–H groups in total. The average molecular weight is 524 g/mol. The summed E-state index contributed by atoms with van der Waals surface area (Å²) in [5, 5.41) is 15.9. The van der Waals surface area contributed by atoms with Gasteiger partial charge in [-0.1, -0.05) is 60.4 Å². The van der Waals surface area contributed by atoms with Crippen LogP contribution in [-0.4, -0.2) is 49.2 Å². The Balaban J connectivity index is 0.000000654. The molecule has 0 amide bonds. The van der Waals surface area contributed by atoms with Gasteiger partial charge in [-0.05, 0) is 57.5 Å². The molecule has 0 unspecified atom stereocenters. The summed E-state index contributed by atoms with van der Waals surface area (Å²) in [6, 6.07) is 24.0. The number of pyridine rings is 1. The number of nitriles is 1. The highest BCUT2D eigenvalue weighted by molar-refractivity contribution is 5.84. The maximum Gasteiger partial charge on any atom is 0.237 e. The van der Waals surface area contributed by atoms with E-state index in [1.807, 2.05) is 66.9 Å². The van der Waals surface area contributed by atoms with Gasteiger partial charge in [0.05, 0.1) is 23.9 Å². The fourth-order valence-corrected chi connectivity index (χ4v) is 4.48. The van der Waals surface area contributed by atoms with Crippen molar-refractivity contribution in [1.82, 2.24) is 15.2 Å². The van der Waals surface area contributed by atoms with Crippen LogP contribution in [-0.2, 0) is 6.42 Å². The van der Waals surface area contributed by atoms with E-state index < -0.39 is 0 Å². The molecule has 3 aromatic rings. The van der Waals surface area contributed by atoms with Crippen LogP contribution in [0, 0.1) is 28.6 Å². The first-order valence-corrected chi connectivity index (χ1v) is 13.5. The van der Waals surface area contributed by atoms with Crippen LogP contribution in [0.3, 0.4) is 0 Å². The van der Waals surface area contributed by atoms with E-state index in [1.54, 1.807) is 0 Å². The van der Waals surface area contributed by atoms with E-state index in [0.717, 1.165) is 43.9 Å². The molecule has 2 aromatic carbocycles. The zero-order valence-corrected chi connectivity index (χ0v) is 23.3. The third-order valence-electron chi connectivity index (χ3n) is 7.06. The lowest BCUT2D eigenvalue weighted by Crippen LogP contribution is -2.40. The summed E-state index contributed by atoms with van der Waals surface area (Å²) in [6.45, 7) is 9.68. The smallest absolute Gasteiger partial charge is 0.237 e. The van der Waals surface area contributed by atoms with Crippen molar-refractivity contribution in [2.75, 3.05) is 38.5 Å². The molecule has 0 saturated carbocycles. The Bertz CT molecular complexity index is 1360. The van der Waals surface area contributed by atoms with Gasteiger partial charge >= 0.3 is 0 Å². The largest absolute Gasteiger partial charge is 0.470 e. The lowest BCUT2D eigenvalue weighted by molar-refractivity contribution is 0.194. The zero-order chi connectivity index (χ0) is 27.7. The van der Waals surface area contributed by atoms with Crippen molar-refractivity contribution in [3.8, 4) is 23.8 Å². The normalized spacial score (nSPS) is 16.3. The van der Waals surface area contributed by atoms with Crippen LogP contribution in [0.2, 0.25) is 0 Å². The zero-order valence-electron chi connectivity index (χ0n) is 23.3. The van der Waals surface area contributed by atoms with E-state index in [2.05, 4.69) is 72.3 Å². The third-order valence-corrected chi connectivity index (χ3v) is 7.06. The van der Waals surface area contributed by atoms with E-state index in [0.29, 0.717) is 11.4 Å². The lowest BCUT2D eigenvalue weighted by Gasteiger charge is -2.29. The molecule has 0 spiro atoms. The predicted molar refractivity (Wildman–Crippen MR) is 162 cm³/mol. The predicted octanol–water partition coefficient (Wildman–Crippen LogP) is 5.84. The highest BCUT2D eigenvalue weighted by atomic mass is 16.5. The summed E-state index contributed by atoms with van der Waals surface area (Å²) >= 11 is 0. The SMILES string of the molecule is CCN(C)/C(C)=C(/c1cnc2c(c1)NC[C@@H](CNCCc1ccc(C#N)cc1)O2)C1(C)C#C1.[HH].[HH].c1ccccc1. The Morgan fingerprint density at radius 3 is 2.46 bits per heavy atom. The van der Waals surface area contributed by atoms with Crippen LogP contribution in [0.25, 0.3) is 5.57 Å². The second kappa shape index (κ2) is 13.0. The van der Waals surface area contributed by atoms with Gasteiger partial charge in [-0.2, -0.15) is 5.26 Å². The summed E-state index contributed by atoms with van der Waals surface area (Å²) in [5.41, 5.74) is 6.05. The van der Waals surface area contributed by atoms with Gasteiger partial charge in [0.15, 0.2) is 0 Å². The number of nitrogens with zero attached hydrogens (tertiary/aromatic N) is 3. The minimum Gasteiger partial charge on any atom is -0.470 e. The van der Waals surface area contributed by atoms with E-state index in [-0.39, 0.29) is 14.4 Å². The molecule has 39 heavy (non-hydrogen) atoms. The maximum atomic E-state index is 8.90. The molecule has 5 rings (SSSR count). The Kier molecular flexibility index (Phi) is 9.26. The first-order valence-electron chi connectivity index (χ1n) is 13.5. The monoisotopic (exact) mass is 523 g/mol. The molecule has 0 bridgehead atoms. The molecule has 2 heterocycles. The van der Waals surface area contributed by atoms with Crippen molar-refractivity contribution in [3.63, 3.8) is 0 Å². The molecule has 1 atom stereocenters. The Morgan fingerprint density at radius 1 is 1.21 bits per heavy atom. The second-order valence-electron chi connectivity index (χ2n) is 9.96. The van der Waals surface area contributed by atoms with Crippen molar-refractivity contribution in [2.45, 2.75) is 33.3 Å². The number of rotatable bonds is 9. The van der Waals surface area contributed by atoms with Gasteiger partial charge in [0.25, 0.3) is 0 Å². The summed E-state index contributed by atoms with van der Waals surface area (Å²) in [5.74, 6) is 7.18. The molecule has 1 aliphatic heterocycles. The number of hydrogen-bond donors (Lipinski definition) is 2. The number of fused-ring (bicyclic) bond motifs is 1. The van der Waals surface area contributed by atoms with Gasteiger partial charge in [-0.25, -0.2) is 4.98 Å². The van der Waals surface area contributed by atoms with Gasteiger partial charge < -0.3 is 20.3 Å². The standard InChI is InChI=1S/C27H31N5O.C6H6.2H2/c1-5-32(4)19(2)25(27(3)11-12-27)22-14-24-26(31-16-22)33-23(18-30-24)17-29-13-10-20-6-8-21(15-28)9-7-20;1-2-4-6-5-3-1;;/h6-9,14,16,23,29-30H,5,10,13,17-18H2,1-4H3;1-6H;2*1H/b25-19-;;;/t23-;;;/m1.../s1. The van der Waals surface area contributed by atoms with E-state index >= 15 is 0 Å². The highest BCUT2D eigenvalue weighted by Crippen LogP contribution is 2.44. The molecule has 0 saturated heterocycles. The fourth-order valence-electron chi connectivity index (χ4n) is 4.48. The Morgan fingerprint density at radius 2 is 1.87 bits per heavy atom. The Labute approximate surface area is 235 Å². The number of hydrogen-bond acceptors (Lipinski definition) is 6. The van der Waals surface area contributed by atoms with Gasteiger partial charge in [-0.15, -0.1) is 0 Å². The van der Waals surface area contributed by atoms with Crippen molar-refractivity contribution >= 4 is 11.3 Å². The fraction of sp³-hybridized carbons (Fsp3) is 0.333. The van der Waals surface area contributed by atoms with Gasteiger partial charge in [0.1, 0.15) is 11.5 Å². The first-order chi connectivity index (χ1) is 18.9. The van der Waals surface area contributed by atoms with Gasteiger partial charge in [0.2, 0.25) is 5.88 Å². The number of allylic oxidation sites excluding steroid dienone is 2. The topological polar surface area (TPSA) is 73.2 Å². The van der Waals surface area contributed by atoms with Crippen LogP contribution >= 0.6 is 0 Å². The molecule has 0 radical (unpaired) electrons. The molecular weight excluding hydrogens is 482 g/mol. The molecular formula is C33H41N5O. The number of benzene rings is 2. The van der Waals surface area contributed by atoms with Crippen molar-refractivity contribution in [3.05, 3.63) is 95.3 Å². The Hall–Kier alpha value is -4.26. The van der Waals surface area contributed by atoms with Crippen molar-refractivity contribution < 1.29 is 7.59 Å². The molecule has 6 heteroatoms. The average Bonchev–Trinajstić information content (AvgIpc) is 3.73. The molecule has 1 aromatic heterocycles. The van der Waals surface area contributed by atoms with Gasteiger partial charge in [-0.3, -0.25) is 0 Å². The van der Waals surface area contributed by atoms with Crippen LogP contribution < -0.4 is 15.4 Å². The molecule has 1 aliphatic carbocycles. The summed E-state index contributed by atoms with van der Waals surface area (Å²) in [6.07, 6.45) is 2.83. The van der Waals surface area contributed by atoms with E-state index in [9.17, 15) is 0 Å². The van der Waals surface area contributed by atoms with Gasteiger partial charge in [0, 0.05) is 46.0 Å². The highest BCUT2D eigenvalue weighted by Gasteiger charge is 2.36. The third kappa shape index (κ3) is 7.41. The van der Waals surface area contributed by atoms with E-state index in [1.165, 1.54) is 16.8 Å². The van der Waals surface area contributed by atoms with Crippen LogP contribution in [0.4, 0.5) is 5.69 Å². The quantitative estimate of drug-likeness (QED) is 0.271. The summed E-state index contributed by atoms with van der Waals surface area (Å²) < 4.78 is 6.15. The lowest BCUT2D eigenvalue weighted by atomic mass is 9.87. The molecule has 2 aliphatic rings. The van der Waals surface area contributed by atoms with Crippen LogP contribution in [0.5, 0.6) is 5.88 Å². The number of nitrogens with one attached hydrogen (secondary N) is 2. The number of anilines is 1.